The summed E-state index contributed by atoms with van der Waals surface area (Å²) in [5.41, 5.74) is 6.74. The Kier molecular flexibility index (Phi) is 7.31. The zero-order valence-electron chi connectivity index (χ0n) is 18.4. The Morgan fingerprint density at radius 3 is 2.50 bits per heavy atom. The first-order chi connectivity index (χ1) is 14.4. The summed E-state index contributed by atoms with van der Waals surface area (Å²) >= 11 is 0. The number of carbonyl (C=O) groups excluding carboxylic acids is 1. The van der Waals surface area contributed by atoms with Gasteiger partial charge in [-0.3, -0.25) is 4.79 Å². The molecule has 0 spiro atoms. The van der Waals surface area contributed by atoms with Crippen LogP contribution in [0.3, 0.4) is 0 Å². The molecule has 1 amide bonds. The molecule has 0 saturated carbocycles. The second kappa shape index (κ2) is 9.93. The smallest absolute Gasteiger partial charge is 0.237 e. The first-order valence-electron chi connectivity index (χ1n) is 10.6. The largest absolute Gasteiger partial charge is 0.493 e. The third-order valence-corrected chi connectivity index (χ3v) is 5.91. The lowest BCUT2D eigenvalue weighted by Gasteiger charge is -2.33. The lowest BCUT2D eigenvalue weighted by Crippen LogP contribution is -2.44. The number of ether oxygens (including phenoxy) is 2. The monoisotopic (exact) mass is 415 g/mol. The van der Waals surface area contributed by atoms with E-state index in [-0.39, 0.29) is 11.8 Å². The third-order valence-electron chi connectivity index (χ3n) is 5.91. The molecule has 8 nitrogen and oxygen atoms in total. The number of carbonyl (C=O) groups is 1. The van der Waals surface area contributed by atoms with Crippen molar-refractivity contribution in [1.29, 1.82) is 0 Å². The van der Waals surface area contributed by atoms with Crippen LogP contribution in [0.2, 0.25) is 0 Å². The Labute approximate surface area is 178 Å². The minimum Gasteiger partial charge on any atom is -0.493 e. The normalized spacial score (nSPS) is 16.0. The summed E-state index contributed by atoms with van der Waals surface area (Å²) in [7, 11) is 3.25. The van der Waals surface area contributed by atoms with Crippen LogP contribution in [0.4, 0.5) is 5.82 Å². The number of aromatic nitrogens is 2. The van der Waals surface area contributed by atoms with Gasteiger partial charge in [-0.25, -0.2) is 9.97 Å². The van der Waals surface area contributed by atoms with E-state index in [1.165, 1.54) is 0 Å². The number of nitrogens with one attached hydrogen (secondary N) is 1. The molecule has 164 valence electrons. The minimum atomic E-state index is -0.437. The van der Waals surface area contributed by atoms with Gasteiger partial charge in [-0.15, -0.1) is 0 Å². The van der Waals surface area contributed by atoms with Gasteiger partial charge in [-0.05, 0) is 37.2 Å². The number of rotatable bonds is 8. The quantitative estimate of drug-likeness (QED) is 0.682. The predicted octanol–water partition coefficient (Wildman–Crippen LogP) is 2.35. The molecule has 0 radical (unpaired) electrons. The molecule has 3 N–H and O–H groups in total. The number of amides is 1. The van der Waals surface area contributed by atoms with E-state index in [1.54, 1.807) is 20.5 Å². The molecular weight excluding hydrogens is 382 g/mol. The number of benzene rings is 1. The maximum absolute atomic E-state index is 12.0. The summed E-state index contributed by atoms with van der Waals surface area (Å²) in [5.74, 6) is 2.93. The fraction of sp³-hybridized carbons (Fsp3) is 0.591. The number of hydrogen-bond acceptors (Lipinski definition) is 7. The minimum absolute atomic E-state index is 0.0562. The van der Waals surface area contributed by atoms with Crippen LogP contribution in [-0.2, 0) is 4.79 Å². The van der Waals surface area contributed by atoms with E-state index in [4.69, 9.17) is 15.2 Å². The first kappa shape index (κ1) is 22.1. The van der Waals surface area contributed by atoms with Crippen LogP contribution >= 0.6 is 0 Å². The number of hydrogen-bond donors (Lipinski definition) is 2. The van der Waals surface area contributed by atoms with Crippen LogP contribution in [0.5, 0.6) is 11.5 Å². The van der Waals surface area contributed by atoms with Crippen LogP contribution in [0.1, 0.15) is 33.1 Å². The van der Waals surface area contributed by atoms with Crippen molar-refractivity contribution in [3.05, 3.63) is 18.5 Å². The molecule has 2 aromatic rings. The van der Waals surface area contributed by atoms with E-state index in [1.807, 2.05) is 26.0 Å². The van der Waals surface area contributed by atoms with Crippen molar-refractivity contribution in [3.8, 4) is 11.5 Å². The number of methoxy groups -OCH3 is 2. The molecule has 2 heterocycles. The summed E-state index contributed by atoms with van der Waals surface area (Å²) in [6.07, 6.45) is 4.69. The van der Waals surface area contributed by atoms with Crippen LogP contribution in [0.15, 0.2) is 18.5 Å². The predicted molar refractivity (Wildman–Crippen MR) is 118 cm³/mol. The number of fused-ring (bicyclic) bond motifs is 1. The van der Waals surface area contributed by atoms with Gasteiger partial charge in [0.1, 0.15) is 12.1 Å². The van der Waals surface area contributed by atoms with E-state index in [0.29, 0.717) is 24.0 Å². The Balaban J connectivity index is 1.60. The molecule has 0 bridgehead atoms. The highest BCUT2D eigenvalue weighted by Gasteiger charge is 2.23. The first-order valence-corrected chi connectivity index (χ1v) is 10.6. The summed E-state index contributed by atoms with van der Waals surface area (Å²) in [4.78, 5) is 23.3. The van der Waals surface area contributed by atoms with Crippen LogP contribution in [0.25, 0.3) is 10.9 Å². The molecule has 1 aliphatic heterocycles. The Hall–Kier alpha value is -2.61. The van der Waals surface area contributed by atoms with Gasteiger partial charge in [-0.1, -0.05) is 13.8 Å². The van der Waals surface area contributed by atoms with E-state index in [2.05, 4.69) is 20.2 Å². The van der Waals surface area contributed by atoms with Gasteiger partial charge >= 0.3 is 0 Å². The lowest BCUT2D eigenvalue weighted by atomic mass is 9.93. The number of anilines is 1. The molecule has 1 aromatic heterocycles. The van der Waals surface area contributed by atoms with Crippen molar-refractivity contribution in [1.82, 2.24) is 15.3 Å². The standard InChI is InChI=1S/C22H33N5O3/c1-14(2)20(23)22(28)24-8-5-15-6-9-27(10-7-15)21-16-11-18(29-3)19(30-4)12-17(16)25-13-26-21/h11-15,20H,5-10,23H2,1-4H3,(H,24,28)/t20-/m0/s1. The summed E-state index contributed by atoms with van der Waals surface area (Å²) in [6, 6.07) is 3.40. The van der Waals surface area contributed by atoms with Crippen LogP contribution in [0, 0.1) is 11.8 Å². The topological polar surface area (TPSA) is 103 Å². The highest BCUT2D eigenvalue weighted by atomic mass is 16.5. The van der Waals surface area contributed by atoms with E-state index in [9.17, 15) is 4.79 Å². The molecule has 8 heteroatoms. The van der Waals surface area contributed by atoms with Gasteiger partial charge in [0, 0.05) is 31.1 Å². The fourth-order valence-electron chi connectivity index (χ4n) is 3.87. The fourth-order valence-corrected chi connectivity index (χ4v) is 3.87. The van der Waals surface area contributed by atoms with Gasteiger partial charge in [0.15, 0.2) is 11.5 Å². The molecule has 30 heavy (non-hydrogen) atoms. The lowest BCUT2D eigenvalue weighted by molar-refractivity contribution is -0.123. The van der Waals surface area contributed by atoms with E-state index >= 15 is 0 Å². The third kappa shape index (κ3) is 4.92. The highest BCUT2D eigenvalue weighted by molar-refractivity contribution is 5.92. The van der Waals surface area contributed by atoms with Crippen molar-refractivity contribution in [2.24, 2.45) is 17.6 Å². The second-order valence-corrected chi connectivity index (χ2v) is 8.20. The SMILES string of the molecule is COc1cc2ncnc(N3CCC(CCNC(=O)[C@@H](N)C(C)C)CC3)c2cc1OC. The van der Waals surface area contributed by atoms with Gasteiger partial charge in [-0.2, -0.15) is 0 Å². The zero-order valence-corrected chi connectivity index (χ0v) is 18.4. The highest BCUT2D eigenvalue weighted by Crippen LogP contribution is 2.35. The summed E-state index contributed by atoms with van der Waals surface area (Å²) < 4.78 is 10.8. The van der Waals surface area contributed by atoms with Crippen molar-refractivity contribution < 1.29 is 14.3 Å². The maximum Gasteiger partial charge on any atom is 0.237 e. The number of piperidine rings is 1. The van der Waals surface area contributed by atoms with Crippen LogP contribution in [-0.4, -0.2) is 55.8 Å². The van der Waals surface area contributed by atoms with Gasteiger partial charge in [0.2, 0.25) is 5.91 Å². The summed E-state index contributed by atoms with van der Waals surface area (Å²) in [6.45, 7) is 6.44. The Bertz CT molecular complexity index is 865. The number of nitrogens with two attached hydrogens (primary N) is 1. The Morgan fingerprint density at radius 2 is 1.87 bits per heavy atom. The average molecular weight is 416 g/mol. The van der Waals surface area contributed by atoms with Crippen molar-refractivity contribution in [2.75, 3.05) is 38.8 Å². The molecule has 0 aliphatic carbocycles. The van der Waals surface area contributed by atoms with Crippen LogP contribution < -0.4 is 25.4 Å². The zero-order chi connectivity index (χ0) is 21.7. The molecule has 1 saturated heterocycles. The Morgan fingerprint density at radius 1 is 1.20 bits per heavy atom. The van der Waals surface area contributed by atoms with Gasteiger partial charge < -0.3 is 25.4 Å². The van der Waals surface area contributed by atoms with Crippen molar-refractivity contribution >= 4 is 22.6 Å². The molecule has 3 rings (SSSR count). The van der Waals surface area contributed by atoms with Crippen molar-refractivity contribution in [3.63, 3.8) is 0 Å². The molecule has 1 fully saturated rings. The molecule has 0 unspecified atom stereocenters. The van der Waals surface area contributed by atoms with Gasteiger partial charge in [0.05, 0.1) is 25.8 Å². The molecule has 1 aliphatic rings. The molecular formula is C22H33N5O3. The maximum atomic E-state index is 12.0. The van der Waals surface area contributed by atoms with Crippen molar-refractivity contribution in [2.45, 2.75) is 39.2 Å². The van der Waals surface area contributed by atoms with Gasteiger partial charge in [0.25, 0.3) is 0 Å². The second-order valence-electron chi connectivity index (χ2n) is 8.20. The molecule has 1 aromatic carbocycles. The average Bonchev–Trinajstić information content (AvgIpc) is 2.77. The molecule has 1 atom stereocenters. The number of nitrogens with zero attached hydrogens (tertiary/aromatic N) is 3. The van der Waals surface area contributed by atoms with E-state index in [0.717, 1.165) is 49.1 Å². The van der Waals surface area contributed by atoms with E-state index < -0.39 is 6.04 Å². The summed E-state index contributed by atoms with van der Waals surface area (Å²) in [5, 5.41) is 3.94.